The standard InChI is InChI=1S/C29H24N6O2.C22H17ClN6O.C12H18BNO3/c1-17(34-28-24(31-2)16-33-29(30)35-28)22-14-19-10-7-11-21(23-13-12-20(37-3)15-32-23)26(19)27(36)25(22)18-8-5-4-6-9-18;1-13(27-20-17(25-2)12-26-22(24)28-20)18-11-14-7-6-10-16(23)19(14)21(30)29(18)15-8-4-3-5-9-15;1-11(2)12(3,4)17-13(16-11)10-7-6-9(15-5)8-14-10/h4-17,25H,1,3H3,(H3,30,33,34,35);3-13H,1H3,(H3,24,26,27,28);6-8H,1-5H3/t17-,25?;13-;/m00./s1. The van der Waals surface area contributed by atoms with Crippen molar-refractivity contribution >= 4 is 81.9 Å². The van der Waals surface area contributed by atoms with E-state index in [4.69, 9.17) is 55.0 Å². The molecule has 6 N–H and O–H groups in total. The molecule has 2 aliphatic rings. The number of methoxy groups -OCH3 is 2. The van der Waals surface area contributed by atoms with E-state index in [2.05, 4.69) is 50.2 Å². The molecule has 0 saturated carbocycles. The first kappa shape index (κ1) is 58.7. The first-order chi connectivity index (χ1) is 40.3. The van der Waals surface area contributed by atoms with E-state index in [-0.39, 0.29) is 57.9 Å². The van der Waals surface area contributed by atoms with Crippen molar-refractivity contribution in [2.75, 3.05) is 36.3 Å². The molecule has 1 aliphatic carbocycles. The Bertz CT molecular complexity index is 4050. The molecule has 0 amide bonds. The summed E-state index contributed by atoms with van der Waals surface area (Å²) in [6.07, 6.45) is 8.12. The van der Waals surface area contributed by atoms with E-state index in [0.717, 1.165) is 39.0 Å². The van der Waals surface area contributed by atoms with Gasteiger partial charge in [0.2, 0.25) is 23.3 Å². The maximum absolute atomic E-state index is 14.3. The quantitative estimate of drug-likeness (QED) is 0.0657. The Kier molecular flexibility index (Phi) is 17.5. The summed E-state index contributed by atoms with van der Waals surface area (Å²) in [6.45, 7) is 26.7. The SMILES string of the molecule is COc1ccc(B2OC(C)(C)C(C)(C)O2)nc1.[C-]#[N+]c1cnc(N)nc1N[C@@H](C)C1=Cc2cccc(-c3ccc(OC)cn3)c2C(=O)C1c1ccccc1.[C-]#[N+]c1cnc(N)nc1N[C@@H](C)c1cc2cccc(Cl)c2c(=O)n1-c1ccccc1. The van der Waals surface area contributed by atoms with Gasteiger partial charge < -0.3 is 40.9 Å². The number of nitrogens with one attached hydrogen (secondary N) is 2. The maximum atomic E-state index is 14.3. The maximum Gasteiger partial charge on any atom is 0.514 e. The predicted octanol–water partition coefficient (Wildman–Crippen LogP) is 11.7. The minimum atomic E-state index is -0.536. The van der Waals surface area contributed by atoms with Gasteiger partial charge in [-0.05, 0) is 112 Å². The number of hydrogen-bond donors (Lipinski definition) is 4. The first-order valence-electron chi connectivity index (χ1n) is 26.6. The minimum Gasteiger partial charge on any atom is -0.495 e. The lowest BCUT2D eigenvalue weighted by Crippen LogP contribution is -2.41. The normalized spacial score (nSPS) is 15.3. The Hall–Kier alpha value is -9.99. The van der Waals surface area contributed by atoms with Crippen molar-refractivity contribution in [2.45, 2.75) is 70.7 Å². The van der Waals surface area contributed by atoms with Crippen molar-refractivity contribution in [3.8, 4) is 28.4 Å². The number of nitrogens with two attached hydrogens (primary N) is 2. The number of carbonyl (C=O) groups is 1. The van der Waals surface area contributed by atoms with Gasteiger partial charge in [-0.15, -0.1) is 0 Å². The number of fused-ring (bicyclic) bond motifs is 2. The second kappa shape index (κ2) is 25.0. The van der Waals surface area contributed by atoms with Crippen LogP contribution in [0.1, 0.15) is 80.7 Å². The van der Waals surface area contributed by atoms with Crippen LogP contribution in [0.25, 0.3) is 43.5 Å². The zero-order valence-corrected chi connectivity index (χ0v) is 48.1. The Labute approximate surface area is 491 Å². The molecule has 19 nitrogen and oxygen atoms in total. The summed E-state index contributed by atoms with van der Waals surface area (Å²) >= 11 is 6.35. The van der Waals surface area contributed by atoms with Gasteiger partial charge in [-0.3, -0.25) is 24.1 Å². The number of Topliss-reactive ketones (excluding diaryl/α,β-unsaturated/α-hetero) is 1. The number of halogens is 1. The Morgan fingerprint density at radius 3 is 1.82 bits per heavy atom. The zero-order valence-electron chi connectivity index (χ0n) is 47.3. The molecule has 422 valence electrons. The summed E-state index contributed by atoms with van der Waals surface area (Å²) in [5, 5.41) is 8.07. The summed E-state index contributed by atoms with van der Waals surface area (Å²) in [5.41, 5.74) is 17.9. The molecule has 0 radical (unpaired) electrons. The lowest BCUT2D eigenvalue weighted by Gasteiger charge is -2.32. The summed E-state index contributed by atoms with van der Waals surface area (Å²) in [6, 6.07) is 38.7. The molecule has 0 bridgehead atoms. The number of anilines is 4. The highest BCUT2D eigenvalue weighted by atomic mass is 35.5. The van der Waals surface area contributed by atoms with Gasteiger partial charge in [0, 0.05) is 40.9 Å². The van der Waals surface area contributed by atoms with E-state index in [1.165, 1.54) is 12.4 Å². The monoisotopic (exact) mass is 1140 g/mol. The molecule has 1 unspecified atom stereocenters. The van der Waals surface area contributed by atoms with E-state index in [1.807, 2.05) is 163 Å². The van der Waals surface area contributed by atoms with Crippen LogP contribution in [0, 0.1) is 13.1 Å². The molecule has 4 aromatic carbocycles. The van der Waals surface area contributed by atoms with Gasteiger partial charge >= 0.3 is 7.12 Å². The number of para-hydroxylation sites is 1. The van der Waals surface area contributed by atoms with Gasteiger partial charge in [-0.25, -0.2) is 29.6 Å². The van der Waals surface area contributed by atoms with Crippen LogP contribution in [0.3, 0.4) is 0 Å². The predicted molar refractivity (Wildman–Crippen MR) is 329 cm³/mol. The lowest BCUT2D eigenvalue weighted by molar-refractivity contribution is 0.00578. The Morgan fingerprint density at radius 2 is 1.26 bits per heavy atom. The molecular formula is C63H59BClN13O6. The number of nitrogen functional groups attached to an aromatic ring is 2. The molecule has 3 atom stereocenters. The number of carbonyl (C=O) groups excluding carboxylic acids is 1. The molecule has 6 heterocycles. The number of aromatic nitrogens is 7. The second-order valence-corrected chi connectivity index (χ2v) is 21.0. The van der Waals surface area contributed by atoms with Crippen LogP contribution in [0.15, 0.2) is 163 Å². The summed E-state index contributed by atoms with van der Waals surface area (Å²) in [4.78, 5) is 59.6. The van der Waals surface area contributed by atoms with Crippen LogP contribution < -0.4 is 42.7 Å². The number of ether oxygens (including phenoxy) is 2. The van der Waals surface area contributed by atoms with E-state index in [0.29, 0.717) is 50.4 Å². The van der Waals surface area contributed by atoms with Crippen molar-refractivity contribution in [3.63, 3.8) is 0 Å². The Balaban J connectivity index is 0.000000161. The van der Waals surface area contributed by atoms with E-state index in [9.17, 15) is 9.59 Å². The molecule has 0 spiro atoms. The fraction of sp³-hybridized carbons (Fsp3) is 0.206. The van der Waals surface area contributed by atoms with E-state index in [1.54, 1.807) is 43.3 Å². The molecule has 84 heavy (non-hydrogen) atoms. The number of ketones is 1. The second-order valence-electron chi connectivity index (χ2n) is 20.5. The highest BCUT2D eigenvalue weighted by Crippen LogP contribution is 2.42. The fourth-order valence-electron chi connectivity index (χ4n) is 9.60. The molecule has 11 rings (SSSR count). The van der Waals surface area contributed by atoms with Gasteiger partial charge in [-0.1, -0.05) is 96.5 Å². The molecule has 21 heteroatoms. The topological polar surface area (TPSA) is 238 Å². The van der Waals surface area contributed by atoms with Gasteiger partial charge in [0.05, 0.1) is 84.6 Å². The minimum absolute atomic E-state index is 0.0202. The molecule has 1 fully saturated rings. The van der Waals surface area contributed by atoms with Crippen LogP contribution in [-0.2, 0) is 9.31 Å². The van der Waals surface area contributed by atoms with Crippen LogP contribution in [0.4, 0.5) is 34.9 Å². The summed E-state index contributed by atoms with van der Waals surface area (Å²) in [5.74, 6) is 1.58. The van der Waals surface area contributed by atoms with Crippen molar-refractivity contribution in [2.24, 2.45) is 0 Å². The smallest absolute Gasteiger partial charge is 0.495 e. The van der Waals surface area contributed by atoms with Gasteiger partial charge in [0.1, 0.15) is 23.1 Å². The van der Waals surface area contributed by atoms with Crippen LogP contribution in [-0.4, -0.2) is 78.8 Å². The number of nitrogens with zero attached hydrogens (tertiary/aromatic N) is 9. The van der Waals surface area contributed by atoms with Crippen LogP contribution >= 0.6 is 11.6 Å². The third-order valence-electron chi connectivity index (χ3n) is 14.6. The van der Waals surface area contributed by atoms with E-state index >= 15 is 0 Å². The molecule has 1 aliphatic heterocycles. The van der Waals surface area contributed by atoms with Gasteiger partial charge in [0.25, 0.3) is 5.56 Å². The van der Waals surface area contributed by atoms with Crippen molar-refractivity contribution in [3.05, 3.63) is 218 Å². The summed E-state index contributed by atoms with van der Waals surface area (Å²) < 4.78 is 23.7. The Morgan fingerprint density at radius 1 is 0.690 bits per heavy atom. The number of benzene rings is 4. The van der Waals surface area contributed by atoms with E-state index < -0.39 is 13.0 Å². The first-order valence-corrected chi connectivity index (χ1v) is 26.9. The van der Waals surface area contributed by atoms with Gasteiger partial charge in [-0.2, -0.15) is 0 Å². The summed E-state index contributed by atoms with van der Waals surface area (Å²) in [7, 11) is 2.80. The third-order valence-corrected chi connectivity index (χ3v) is 15.0. The molecule has 9 aromatic rings. The van der Waals surface area contributed by atoms with Crippen LogP contribution in [0.5, 0.6) is 11.5 Å². The highest BCUT2D eigenvalue weighted by Gasteiger charge is 2.52. The molecular weight excluding hydrogens is 1080 g/mol. The highest BCUT2D eigenvalue weighted by molar-refractivity contribution is 6.61. The molecule has 5 aromatic heterocycles. The third kappa shape index (κ3) is 12.4. The zero-order chi connectivity index (χ0) is 59.9. The van der Waals surface area contributed by atoms with Crippen LogP contribution in [0.2, 0.25) is 5.02 Å². The number of hydrogen-bond acceptors (Lipinski definition) is 16. The average Bonchev–Trinajstić information content (AvgIpc) is 2.23. The molecule has 1 saturated heterocycles. The fourth-order valence-corrected chi connectivity index (χ4v) is 9.86. The number of rotatable bonds is 12. The van der Waals surface area contributed by atoms with Crippen molar-refractivity contribution in [1.29, 1.82) is 0 Å². The lowest BCUT2D eigenvalue weighted by atomic mass is 9.74. The number of pyridine rings is 3. The van der Waals surface area contributed by atoms with Crippen molar-refractivity contribution in [1.82, 2.24) is 34.5 Å². The average molecular weight is 1140 g/mol. The largest absolute Gasteiger partial charge is 0.514 e. The van der Waals surface area contributed by atoms with Gasteiger partial charge in [0.15, 0.2) is 5.78 Å². The van der Waals surface area contributed by atoms with Crippen molar-refractivity contribution < 1.29 is 23.6 Å².